The van der Waals surface area contributed by atoms with Crippen molar-refractivity contribution in [3.63, 3.8) is 0 Å². The minimum Gasteiger partial charge on any atom is -0.485 e. The summed E-state index contributed by atoms with van der Waals surface area (Å²) in [5, 5.41) is 70.7. The molecule has 20 nitrogen and oxygen atoms in total. The van der Waals surface area contributed by atoms with Crippen LogP contribution in [0.5, 0.6) is 23.0 Å². The van der Waals surface area contributed by atoms with Crippen LogP contribution in [0.3, 0.4) is 0 Å². The summed E-state index contributed by atoms with van der Waals surface area (Å²) in [5.41, 5.74) is 13.8. The van der Waals surface area contributed by atoms with Gasteiger partial charge in [-0.15, -0.1) is 37.5 Å². The summed E-state index contributed by atoms with van der Waals surface area (Å²) in [6.45, 7) is 13.1. The van der Waals surface area contributed by atoms with Gasteiger partial charge < -0.3 is 39.4 Å². The van der Waals surface area contributed by atoms with Gasteiger partial charge in [-0.05, 0) is 342 Å². The number of nitrogens with zero attached hydrogens (tertiary/aromatic N) is 12. The Morgan fingerprint density at radius 2 is 0.523 bits per heavy atom. The van der Waals surface area contributed by atoms with Crippen LogP contribution in [-0.2, 0) is 106 Å². The Kier molecular flexibility index (Phi) is 21.0. The first-order valence-electron chi connectivity index (χ1n) is 49.7. The van der Waals surface area contributed by atoms with Crippen LogP contribution in [-0.4, -0.2) is 82.4 Å². The number of aryl methyl sites for hydroxylation is 8. The van der Waals surface area contributed by atoms with Gasteiger partial charge in [0.25, 0.3) is 0 Å². The monoisotopic (exact) mass is 1770 g/mol. The molecule has 8 fully saturated rings. The minimum absolute atomic E-state index is 0.349. The molecule has 16 aliphatic heterocycles. The topological polar surface area (TPSA) is 205 Å². The number of aliphatic hydroxyl groups is 4. The second-order valence-electron chi connectivity index (χ2n) is 43.5. The first-order valence-corrected chi connectivity index (χ1v) is 49.7. The predicted octanol–water partition coefficient (Wildman–Crippen LogP) is 14.4. The van der Waals surface area contributed by atoms with Crippen LogP contribution in [0.1, 0.15) is 269 Å². The zero-order chi connectivity index (χ0) is 90.0. The molecule has 20 heterocycles. The molecule has 12 aliphatic carbocycles. The standard InChI is InChI=1S/C112H128N12O8/c1-105-49-37-93-89-33-25-85-57-73(89)21-29-97(93)101(105)41-53-109(105,125)45-13-14-46-110(126)54-42-102-98-30-22-74-58-86(26-34-90(74)94(98)38-50-106(102,110)2)130-70-82-66-123(115-118(82)6)63-79-19-11-12-20-80(79)64-124-68-84(120(8)116-124)72-132-88-28-36-92-76(60-88)24-32-100-96(92)40-52-108(4)104(100)44-56-112(108,128)48-16-15-47-111(127)55-43-103-99-31-23-75-59-87(27-35-91(75)95(99)39-51-107(103,111)3)131-71-83-67-122(114-119(83)7)62-78-18-10-9-17-77(78)61-121-65-81(69-129-85)117(5)113-121/h9-12,17-20,25-28,33-36,57-60,65-68,93-104,125-128H,21-24,29-32,37-44,49-56,61-64,69-72H2,1-8H3/q+4/t93-,94-,95-,96-,97-,98-,99-,100-,101+,102+,103+,104+,105+,106+,107+,108+,109+,110+,111+,112+/m1/s1. The maximum atomic E-state index is 12.7. The minimum atomic E-state index is -1.14. The second kappa shape index (κ2) is 32.5. The van der Waals surface area contributed by atoms with Crippen molar-refractivity contribution in [2.75, 3.05) is 0 Å². The smallest absolute Gasteiger partial charge is 0.204 e. The summed E-state index contributed by atoms with van der Waals surface area (Å²) in [6, 6.07) is 44.1. The Morgan fingerprint density at radius 1 is 0.295 bits per heavy atom. The predicted molar refractivity (Wildman–Crippen MR) is 495 cm³/mol. The third-order valence-corrected chi connectivity index (χ3v) is 37.6. The van der Waals surface area contributed by atoms with Crippen molar-refractivity contribution < 1.29 is 58.1 Å². The van der Waals surface area contributed by atoms with E-state index in [-0.39, 0.29) is 21.7 Å². The number of hydrogen-bond acceptors (Lipinski definition) is 12. The molecule has 0 amide bonds. The van der Waals surface area contributed by atoms with Crippen LogP contribution in [0.4, 0.5) is 0 Å². The lowest BCUT2D eigenvalue weighted by atomic mass is 9.53. The molecule has 20 heteroatoms. The maximum Gasteiger partial charge on any atom is 0.204 e. The lowest BCUT2D eigenvalue weighted by molar-refractivity contribution is -0.752. The van der Waals surface area contributed by atoms with Gasteiger partial charge in [-0.25, -0.2) is 0 Å². The van der Waals surface area contributed by atoms with E-state index in [0.29, 0.717) is 149 Å². The van der Waals surface area contributed by atoms with E-state index in [9.17, 15) is 20.4 Å². The highest BCUT2D eigenvalue weighted by Gasteiger charge is 2.66. The van der Waals surface area contributed by atoms with Gasteiger partial charge in [0.15, 0.2) is 51.2 Å². The van der Waals surface area contributed by atoms with Gasteiger partial charge in [-0.2, -0.15) is 0 Å². The van der Waals surface area contributed by atoms with Crippen molar-refractivity contribution >= 4 is 0 Å². The summed E-state index contributed by atoms with van der Waals surface area (Å²) < 4.78 is 42.2. The maximum absolute atomic E-state index is 12.7. The molecule has 38 rings (SSSR count). The summed E-state index contributed by atoms with van der Waals surface area (Å²) in [7, 11) is 7.96. The fraction of sp³-hybridized carbons (Fsp3) is 0.536. The van der Waals surface area contributed by atoms with Crippen molar-refractivity contribution in [3.05, 3.63) is 236 Å². The summed E-state index contributed by atoms with van der Waals surface area (Å²) in [4.78, 5) is 0. The highest BCUT2D eigenvalue weighted by molar-refractivity contribution is 5.49. The second-order valence-corrected chi connectivity index (χ2v) is 43.5. The third-order valence-electron chi connectivity index (χ3n) is 37.6. The molecule has 4 N–H and O–H groups in total. The Bertz CT molecular complexity index is 5760. The van der Waals surface area contributed by atoms with Crippen molar-refractivity contribution in [3.8, 4) is 70.4 Å². The van der Waals surface area contributed by atoms with Crippen LogP contribution in [0.2, 0.25) is 0 Å². The molecule has 10 aromatic rings. The molecule has 20 atom stereocenters. The van der Waals surface area contributed by atoms with E-state index in [1.54, 1.807) is 0 Å². The van der Waals surface area contributed by atoms with Crippen LogP contribution in [0.25, 0.3) is 0 Å². The largest absolute Gasteiger partial charge is 0.485 e. The molecule has 0 unspecified atom stereocenters. The van der Waals surface area contributed by atoms with Gasteiger partial charge in [0.05, 0.1) is 20.9 Å². The van der Waals surface area contributed by atoms with E-state index in [1.807, 2.05) is 65.6 Å². The molecular weight excluding hydrogens is 1640 g/mol. The van der Waals surface area contributed by atoms with E-state index < -0.39 is 22.4 Å². The molecule has 6 aromatic carbocycles. The Morgan fingerprint density at radius 3 is 0.750 bits per heavy atom. The molecule has 28 aliphatic rings. The lowest BCUT2D eigenvalue weighted by Crippen LogP contribution is -2.50. The summed E-state index contributed by atoms with van der Waals surface area (Å²) in [6.07, 6.45) is 30.5. The van der Waals surface area contributed by atoms with Gasteiger partial charge in [0.1, 0.15) is 99.8 Å². The van der Waals surface area contributed by atoms with Gasteiger partial charge >= 0.3 is 0 Å². The molecule has 680 valence electrons. The Balaban J connectivity index is 0.471. The van der Waals surface area contributed by atoms with E-state index >= 15 is 0 Å². The van der Waals surface area contributed by atoms with Gasteiger partial charge in [-0.1, -0.05) is 124 Å². The fourth-order valence-corrected chi connectivity index (χ4v) is 30.0. The Hall–Kier alpha value is -10.8. The average Bonchev–Trinajstić information content (AvgIpc) is 1.55. The molecule has 4 aromatic heterocycles. The molecule has 0 spiro atoms. The zero-order valence-electron chi connectivity index (χ0n) is 78.2. The summed E-state index contributed by atoms with van der Waals surface area (Å²) in [5.74, 6) is 34.9. The number of hydrogen-bond donors (Lipinski definition) is 4. The van der Waals surface area contributed by atoms with Crippen molar-refractivity contribution in [2.45, 2.75) is 280 Å². The van der Waals surface area contributed by atoms with E-state index in [0.717, 1.165) is 196 Å². The molecule has 132 heavy (non-hydrogen) atoms. The fourth-order valence-electron chi connectivity index (χ4n) is 30.0. The van der Waals surface area contributed by atoms with Crippen molar-refractivity contribution in [2.24, 2.45) is 97.2 Å². The van der Waals surface area contributed by atoms with Crippen LogP contribution in [0.15, 0.2) is 146 Å². The van der Waals surface area contributed by atoms with Crippen molar-refractivity contribution in [1.29, 1.82) is 0 Å². The highest BCUT2D eigenvalue weighted by atomic mass is 16.5. The van der Waals surface area contributed by atoms with Crippen LogP contribution >= 0.6 is 0 Å². The molecular formula is C112H128N12O8+4. The SMILES string of the molecule is Cn1n[n+]2cc1COc1ccc3c(c1)CC[C@@H]1[C@@H]3CC[C@@]3(C)[C@H]1CC[C@@]3(O)C#CC#C[C@]1(O)CC[C@H]3[C@@H]4CCc5cc(ccc5[C@H]4CC[C@@]31C)OCc1c[n+](nn1C)Cc1ccccc1C[n+]1cc(n(C)n1)COc1ccc3c(c1)CC[C@@H]1[C@@H]3CC[C@@]3(C)[C@H]1CC[C@@]3(O)C#CC#C[C@]1(O)CC[C@H]3[C@@H]4CCc5cc(ccc5[C@H]4CC[C@@]31C)OCc1c[n+](nn1C)Cc1ccccc1C2. The average molecular weight is 1770 g/mol. The molecule has 40 bridgehead atoms. The lowest BCUT2D eigenvalue weighted by Gasteiger charge is -2.52. The molecule has 8 saturated carbocycles. The third kappa shape index (κ3) is 14.3. The van der Waals surface area contributed by atoms with E-state index in [1.165, 1.54) is 44.5 Å². The quantitative estimate of drug-likeness (QED) is 0.0827. The number of ether oxygens (including phenoxy) is 4. The van der Waals surface area contributed by atoms with Crippen molar-refractivity contribution in [1.82, 2.24) is 39.6 Å². The van der Waals surface area contributed by atoms with Gasteiger partial charge in [0, 0.05) is 43.9 Å². The van der Waals surface area contributed by atoms with Gasteiger partial charge in [0.2, 0.25) is 22.8 Å². The number of rotatable bonds is 0. The Labute approximate surface area is 776 Å². The summed E-state index contributed by atoms with van der Waals surface area (Å²) >= 11 is 0. The number of aromatic nitrogens is 12. The molecule has 0 saturated heterocycles. The number of benzene rings is 6. The normalized spacial score (nSPS) is 34.0. The molecule has 0 radical (unpaired) electrons. The van der Waals surface area contributed by atoms with E-state index in [4.69, 9.17) is 39.8 Å². The van der Waals surface area contributed by atoms with Gasteiger partial charge in [-0.3, -0.25) is 0 Å². The van der Waals surface area contributed by atoms with Crippen LogP contribution in [0, 0.1) is 116 Å². The first-order chi connectivity index (χ1) is 63.8. The van der Waals surface area contributed by atoms with E-state index in [2.05, 4.69) is 221 Å². The highest BCUT2D eigenvalue weighted by Crippen LogP contribution is 2.69. The van der Waals surface area contributed by atoms with Crippen LogP contribution < -0.4 is 37.7 Å². The zero-order valence-corrected chi connectivity index (χ0v) is 78.2. The first kappa shape index (κ1) is 85.4.